The smallest absolute Gasteiger partial charge is 0.263 e. The Hall–Kier alpha value is -3.81. The molecule has 3 heterocycles. The summed E-state index contributed by atoms with van der Waals surface area (Å²) in [7, 11) is 0. The lowest BCUT2D eigenvalue weighted by Crippen LogP contribution is -2.39. The highest BCUT2D eigenvalue weighted by Crippen LogP contribution is 2.34. The van der Waals surface area contributed by atoms with Crippen LogP contribution in [0.5, 0.6) is 0 Å². The molecule has 2 atom stereocenters. The van der Waals surface area contributed by atoms with Crippen LogP contribution in [-0.4, -0.2) is 33.9 Å². The van der Waals surface area contributed by atoms with E-state index in [1.807, 2.05) is 61.5 Å². The Kier molecular flexibility index (Phi) is 4.84. The number of carbonyl (C=O) groups is 2. The summed E-state index contributed by atoms with van der Waals surface area (Å²) in [6.07, 6.45) is 0. The molecule has 0 spiro atoms. The SMILES string of the molecule is Cc1oc(-c2ccccc2)nc1CN1N=NC2C(=O)N(c3ccc(C(C)C)cc3)C(=O)C21. The van der Waals surface area contributed by atoms with Crippen LogP contribution in [-0.2, 0) is 16.1 Å². The molecule has 5 rings (SSSR count). The maximum absolute atomic E-state index is 13.2. The number of fused-ring (bicyclic) bond motifs is 1. The van der Waals surface area contributed by atoms with E-state index in [0.29, 0.717) is 29.0 Å². The topological polar surface area (TPSA) is 91.4 Å². The van der Waals surface area contributed by atoms with E-state index in [4.69, 9.17) is 4.42 Å². The van der Waals surface area contributed by atoms with E-state index in [1.54, 1.807) is 0 Å². The molecule has 3 aromatic rings. The summed E-state index contributed by atoms with van der Waals surface area (Å²) in [5.74, 6) is 0.827. The van der Waals surface area contributed by atoms with Gasteiger partial charge in [0.2, 0.25) is 5.89 Å². The fourth-order valence-corrected chi connectivity index (χ4v) is 4.05. The number of oxazole rings is 1. The van der Waals surface area contributed by atoms with Crippen LogP contribution in [0, 0.1) is 6.92 Å². The molecule has 2 aromatic carbocycles. The fraction of sp³-hybridized carbons (Fsp3) is 0.292. The Morgan fingerprint density at radius 1 is 1.00 bits per heavy atom. The van der Waals surface area contributed by atoms with E-state index in [-0.39, 0.29) is 18.4 Å². The Labute approximate surface area is 185 Å². The van der Waals surface area contributed by atoms with Gasteiger partial charge >= 0.3 is 0 Å². The average molecular weight is 429 g/mol. The predicted octanol–water partition coefficient (Wildman–Crippen LogP) is 4.27. The Bertz CT molecular complexity index is 1200. The molecule has 1 fully saturated rings. The Morgan fingerprint density at radius 2 is 1.72 bits per heavy atom. The van der Waals surface area contributed by atoms with Gasteiger partial charge in [0.25, 0.3) is 11.8 Å². The van der Waals surface area contributed by atoms with E-state index in [9.17, 15) is 9.59 Å². The largest absolute Gasteiger partial charge is 0.441 e. The zero-order valence-electron chi connectivity index (χ0n) is 18.1. The summed E-state index contributed by atoms with van der Waals surface area (Å²) < 4.78 is 5.82. The van der Waals surface area contributed by atoms with Crippen LogP contribution in [0.1, 0.15) is 36.8 Å². The number of benzene rings is 2. The number of rotatable bonds is 5. The summed E-state index contributed by atoms with van der Waals surface area (Å²) in [6, 6.07) is 15.5. The highest BCUT2D eigenvalue weighted by molar-refractivity contribution is 6.25. The summed E-state index contributed by atoms with van der Waals surface area (Å²) in [5.41, 5.74) is 3.22. The van der Waals surface area contributed by atoms with Gasteiger partial charge in [-0.05, 0) is 42.7 Å². The zero-order chi connectivity index (χ0) is 22.4. The number of nitrogens with zero attached hydrogens (tertiary/aromatic N) is 5. The standard InChI is InChI=1S/C24H23N5O3/c1-14(2)16-9-11-18(12-10-16)29-23(30)20-21(24(29)31)28(27-26-20)13-19-15(3)32-22(25-19)17-7-5-4-6-8-17/h4-12,14,20-21H,13H2,1-3H3. The van der Waals surface area contributed by atoms with Crippen LogP contribution in [0.15, 0.2) is 69.4 Å². The normalized spacial score (nSPS) is 20.0. The third-order valence-corrected chi connectivity index (χ3v) is 5.90. The molecule has 0 aliphatic carbocycles. The molecule has 1 saturated heterocycles. The first-order valence-electron chi connectivity index (χ1n) is 10.6. The monoisotopic (exact) mass is 429 g/mol. The number of anilines is 1. The van der Waals surface area contributed by atoms with Gasteiger partial charge in [0.1, 0.15) is 11.5 Å². The maximum atomic E-state index is 13.2. The van der Waals surface area contributed by atoms with Gasteiger partial charge in [-0.3, -0.25) is 14.6 Å². The van der Waals surface area contributed by atoms with Gasteiger partial charge in [-0.15, -0.1) is 0 Å². The molecule has 1 aromatic heterocycles. The number of aromatic nitrogens is 1. The number of carbonyl (C=O) groups excluding carboxylic acids is 2. The van der Waals surface area contributed by atoms with E-state index in [1.165, 1.54) is 9.91 Å². The van der Waals surface area contributed by atoms with Crippen LogP contribution in [0.2, 0.25) is 0 Å². The number of hydrogen-bond acceptors (Lipinski definition) is 7. The molecule has 2 unspecified atom stereocenters. The second-order valence-electron chi connectivity index (χ2n) is 8.34. The van der Waals surface area contributed by atoms with Gasteiger partial charge in [-0.25, -0.2) is 9.88 Å². The molecule has 32 heavy (non-hydrogen) atoms. The highest BCUT2D eigenvalue weighted by Gasteiger charge is 2.54. The van der Waals surface area contributed by atoms with Crippen molar-refractivity contribution in [3.05, 3.63) is 71.6 Å². The summed E-state index contributed by atoms with van der Waals surface area (Å²) in [6.45, 7) is 6.24. The van der Waals surface area contributed by atoms with E-state index in [2.05, 4.69) is 29.2 Å². The third-order valence-electron chi connectivity index (χ3n) is 5.90. The quantitative estimate of drug-likeness (QED) is 0.565. The van der Waals surface area contributed by atoms with Gasteiger partial charge in [0.15, 0.2) is 12.1 Å². The predicted molar refractivity (Wildman–Crippen MR) is 118 cm³/mol. The number of imide groups is 1. The first-order chi connectivity index (χ1) is 15.4. The van der Waals surface area contributed by atoms with E-state index < -0.39 is 12.1 Å². The molecule has 0 saturated carbocycles. The van der Waals surface area contributed by atoms with Gasteiger partial charge in [-0.2, -0.15) is 5.11 Å². The second-order valence-corrected chi connectivity index (χ2v) is 8.34. The van der Waals surface area contributed by atoms with Crippen molar-refractivity contribution in [2.45, 2.75) is 45.3 Å². The third kappa shape index (κ3) is 3.28. The van der Waals surface area contributed by atoms with Crippen LogP contribution in [0.4, 0.5) is 5.69 Å². The van der Waals surface area contributed by atoms with Gasteiger partial charge in [0, 0.05) is 5.56 Å². The van der Waals surface area contributed by atoms with Crippen molar-refractivity contribution in [3.63, 3.8) is 0 Å². The van der Waals surface area contributed by atoms with Crippen LogP contribution < -0.4 is 4.90 Å². The average Bonchev–Trinajstić information content (AvgIpc) is 3.45. The van der Waals surface area contributed by atoms with Crippen LogP contribution in [0.3, 0.4) is 0 Å². The molecule has 0 bridgehead atoms. The summed E-state index contributed by atoms with van der Waals surface area (Å²) in [4.78, 5) is 32.0. The van der Waals surface area contributed by atoms with Crippen molar-refractivity contribution in [2.75, 3.05) is 4.90 Å². The van der Waals surface area contributed by atoms with Crippen molar-refractivity contribution in [2.24, 2.45) is 10.3 Å². The molecule has 2 aliphatic heterocycles. The lowest BCUT2D eigenvalue weighted by Gasteiger charge is -2.20. The molecule has 2 amide bonds. The molecule has 2 aliphatic rings. The minimum Gasteiger partial charge on any atom is -0.441 e. The molecular weight excluding hydrogens is 406 g/mol. The molecule has 162 valence electrons. The summed E-state index contributed by atoms with van der Waals surface area (Å²) >= 11 is 0. The molecule has 0 radical (unpaired) electrons. The van der Waals surface area contributed by atoms with E-state index >= 15 is 0 Å². The lowest BCUT2D eigenvalue weighted by molar-refractivity contribution is -0.123. The van der Waals surface area contributed by atoms with Crippen LogP contribution >= 0.6 is 0 Å². The maximum Gasteiger partial charge on any atom is 0.263 e. The Balaban J connectivity index is 1.38. The molecule has 8 heteroatoms. The first kappa shape index (κ1) is 20.1. The van der Waals surface area contributed by atoms with Crippen LogP contribution in [0.25, 0.3) is 11.5 Å². The first-order valence-corrected chi connectivity index (χ1v) is 10.6. The molecule has 8 nitrogen and oxygen atoms in total. The lowest BCUT2D eigenvalue weighted by atomic mass is 10.0. The number of hydrogen-bond donors (Lipinski definition) is 0. The van der Waals surface area contributed by atoms with Crippen molar-refractivity contribution in [3.8, 4) is 11.5 Å². The van der Waals surface area contributed by atoms with Gasteiger partial charge in [0.05, 0.1) is 12.2 Å². The van der Waals surface area contributed by atoms with Crippen molar-refractivity contribution >= 4 is 17.5 Å². The number of aryl methyl sites for hydroxylation is 1. The van der Waals surface area contributed by atoms with Gasteiger partial charge < -0.3 is 4.42 Å². The van der Waals surface area contributed by atoms with Crippen molar-refractivity contribution in [1.82, 2.24) is 9.99 Å². The fourth-order valence-electron chi connectivity index (χ4n) is 4.05. The number of amides is 2. The van der Waals surface area contributed by atoms with Gasteiger partial charge in [-0.1, -0.05) is 49.4 Å². The van der Waals surface area contributed by atoms with Crippen molar-refractivity contribution < 1.29 is 14.0 Å². The van der Waals surface area contributed by atoms with E-state index in [0.717, 1.165) is 11.1 Å². The Morgan fingerprint density at radius 3 is 2.41 bits per heavy atom. The highest BCUT2D eigenvalue weighted by atomic mass is 16.4. The van der Waals surface area contributed by atoms with Crippen molar-refractivity contribution in [1.29, 1.82) is 0 Å². The molecule has 0 N–H and O–H groups in total. The minimum atomic E-state index is -0.840. The minimum absolute atomic E-state index is 0.228. The second kappa shape index (κ2) is 7.71. The molecular formula is C24H23N5O3. The zero-order valence-corrected chi connectivity index (χ0v) is 18.1. The summed E-state index contributed by atoms with van der Waals surface area (Å²) in [5, 5.41) is 9.75.